The average molecular weight is 154 g/mol. The van der Waals surface area contributed by atoms with Crippen LogP contribution in [-0.4, -0.2) is 6.61 Å². The molecule has 0 rings (SSSR count). The molecule has 0 aliphatic heterocycles. The maximum Gasteiger partial charge on any atom is 0.419 e. The summed E-state index contributed by atoms with van der Waals surface area (Å²) in [4.78, 5) is 0. The molecule has 0 aromatic heterocycles. The molecule has 0 radical (unpaired) electrons. The summed E-state index contributed by atoms with van der Waals surface area (Å²) in [5.41, 5.74) is 4.89. The van der Waals surface area contributed by atoms with Crippen molar-refractivity contribution in [1.29, 1.82) is 0 Å². The highest BCUT2D eigenvalue weighted by molar-refractivity contribution is 7.51. The van der Waals surface area contributed by atoms with Crippen LogP contribution in [0.4, 0.5) is 0 Å². The molecule has 0 amide bonds. The molecule has 56 valence electrons. The molecule has 0 aromatic rings. The SMILES string of the molecule is CCCOP(N)(=O)ON. The van der Waals surface area contributed by atoms with Crippen molar-refractivity contribution in [3.63, 3.8) is 0 Å². The van der Waals surface area contributed by atoms with Crippen LogP contribution in [0.3, 0.4) is 0 Å². The molecule has 0 spiro atoms. The van der Waals surface area contributed by atoms with Gasteiger partial charge in [0.25, 0.3) is 0 Å². The van der Waals surface area contributed by atoms with Crippen molar-refractivity contribution in [3.8, 4) is 0 Å². The smallest absolute Gasteiger partial charge is 0.296 e. The van der Waals surface area contributed by atoms with Crippen LogP contribution < -0.4 is 11.4 Å². The summed E-state index contributed by atoms with van der Waals surface area (Å²) in [6.45, 7) is 2.15. The quantitative estimate of drug-likeness (QED) is 0.451. The van der Waals surface area contributed by atoms with Crippen LogP contribution in [0.2, 0.25) is 0 Å². The fourth-order valence-electron chi connectivity index (χ4n) is 0.249. The Hall–Kier alpha value is 0.0700. The van der Waals surface area contributed by atoms with E-state index >= 15 is 0 Å². The van der Waals surface area contributed by atoms with Crippen LogP contribution >= 0.6 is 7.75 Å². The third-order valence-electron chi connectivity index (χ3n) is 0.622. The lowest BCUT2D eigenvalue weighted by atomic mass is 10.5. The molecule has 0 aromatic carbocycles. The first-order valence-corrected chi connectivity index (χ1v) is 4.15. The lowest BCUT2D eigenvalue weighted by molar-refractivity contribution is 0.208. The van der Waals surface area contributed by atoms with Gasteiger partial charge in [0.1, 0.15) is 0 Å². The molecule has 0 heterocycles. The summed E-state index contributed by atoms with van der Waals surface area (Å²) in [6, 6.07) is 0. The molecular formula is C3H11N2O3P. The topological polar surface area (TPSA) is 87.6 Å². The Kier molecular flexibility index (Phi) is 4.01. The van der Waals surface area contributed by atoms with Gasteiger partial charge in [0.2, 0.25) is 0 Å². The van der Waals surface area contributed by atoms with Crippen LogP contribution in [0.1, 0.15) is 13.3 Å². The first-order valence-electron chi connectivity index (χ1n) is 2.54. The predicted octanol–water partition coefficient (Wildman–Crippen LogP) is 0.370. The summed E-state index contributed by atoms with van der Waals surface area (Å²) < 4.78 is 18.9. The van der Waals surface area contributed by atoms with Gasteiger partial charge in [-0.25, -0.2) is 20.6 Å². The second kappa shape index (κ2) is 3.98. The van der Waals surface area contributed by atoms with E-state index in [1.54, 1.807) is 0 Å². The van der Waals surface area contributed by atoms with Crippen molar-refractivity contribution >= 4 is 7.75 Å². The lowest BCUT2D eigenvalue weighted by Gasteiger charge is -2.07. The molecule has 5 nitrogen and oxygen atoms in total. The second-order valence-electron chi connectivity index (χ2n) is 1.48. The standard InChI is InChI=1S/C3H11N2O3P/c1-2-3-7-9(5,6)8-4/h2-4H2,1H3,(H2,5,6). The minimum absolute atomic E-state index is 0.297. The van der Waals surface area contributed by atoms with Crippen LogP contribution in [0.5, 0.6) is 0 Å². The Labute approximate surface area is 53.8 Å². The highest BCUT2D eigenvalue weighted by Crippen LogP contribution is 2.36. The molecule has 0 aliphatic carbocycles. The van der Waals surface area contributed by atoms with Gasteiger partial charge < -0.3 is 0 Å². The molecular weight excluding hydrogens is 143 g/mol. The second-order valence-corrected chi connectivity index (χ2v) is 3.03. The Morgan fingerprint density at radius 1 is 1.67 bits per heavy atom. The molecule has 0 saturated carbocycles. The third-order valence-corrected chi connectivity index (χ3v) is 1.46. The van der Waals surface area contributed by atoms with E-state index in [1.807, 2.05) is 6.92 Å². The molecule has 0 bridgehead atoms. The minimum Gasteiger partial charge on any atom is -0.296 e. The maximum atomic E-state index is 10.5. The van der Waals surface area contributed by atoms with Crippen molar-refractivity contribution in [2.75, 3.05) is 6.61 Å². The summed E-state index contributed by atoms with van der Waals surface area (Å²) in [5, 5.41) is 0. The number of hydrogen-bond donors (Lipinski definition) is 2. The summed E-state index contributed by atoms with van der Waals surface area (Å²) in [7, 11) is -3.41. The van der Waals surface area contributed by atoms with E-state index in [2.05, 4.69) is 15.0 Å². The maximum absolute atomic E-state index is 10.5. The van der Waals surface area contributed by atoms with Gasteiger partial charge in [0, 0.05) is 0 Å². The normalized spacial score (nSPS) is 17.2. The van der Waals surface area contributed by atoms with Gasteiger partial charge in [-0.1, -0.05) is 6.92 Å². The van der Waals surface area contributed by atoms with Gasteiger partial charge in [-0.15, -0.1) is 0 Å². The molecule has 9 heavy (non-hydrogen) atoms. The lowest BCUT2D eigenvalue weighted by Crippen LogP contribution is -2.08. The van der Waals surface area contributed by atoms with Crippen LogP contribution in [-0.2, 0) is 13.7 Å². The molecule has 0 aliphatic rings. The van der Waals surface area contributed by atoms with E-state index in [4.69, 9.17) is 5.50 Å². The van der Waals surface area contributed by atoms with E-state index in [-0.39, 0.29) is 0 Å². The highest BCUT2D eigenvalue weighted by atomic mass is 31.2. The van der Waals surface area contributed by atoms with Crippen LogP contribution in [0.25, 0.3) is 0 Å². The van der Waals surface area contributed by atoms with Crippen LogP contribution in [0, 0.1) is 0 Å². The van der Waals surface area contributed by atoms with Crippen molar-refractivity contribution in [3.05, 3.63) is 0 Å². The Morgan fingerprint density at radius 2 is 2.22 bits per heavy atom. The van der Waals surface area contributed by atoms with Crippen molar-refractivity contribution in [2.45, 2.75) is 13.3 Å². The summed E-state index contributed by atoms with van der Waals surface area (Å²) >= 11 is 0. The van der Waals surface area contributed by atoms with E-state index in [0.717, 1.165) is 6.42 Å². The van der Waals surface area contributed by atoms with Gasteiger partial charge in [-0.2, -0.15) is 0 Å². The zero-order chi connectivity index (χ0) is 7.33. The third kappa shape index (κ3) is 4.57. The minimum atomic E-state index is -3.41. The van der Waals surface area contributed by atoms with Crippen molar-refractivity contribution in [1.82, 2.24) is 0 Å². The monoisotopic (exact) mass is 154 g/mol. The predicted molar refractivity (Wildman–Crippen MR) is 33.3 cm³/mol. The molecule has 1 atom stereocenters. The zero-order valence-electron chi connectivity index (χ0n) is 5.24. The van der Waals surface area contributed by atoms with Gasteiger partial charge in [-0.3, -0.25) is 4.52 Å². The van der Waals surface area contributed by atoms with Gasteiger partial charge in [0.15, 0.2) is 0 Å². The van der Waals surface area contributed by atoms with Gasteiger partial charge in [0.05, 0.1) is 6.61 Å². The first kappa shape index (κ1) is 9.07. The van der Waals surface area contributed by atoms with Crippen molar-refractivity contribution in [2.24, 2.45) is 11.4 Å². The zero-order valence-corrected chi connectivity index (χ0v) is 6.14. The largest absolute Gasteiger partial charge is 0.419 e. The highest BCUT2D eigenvalue weighted by Gasteiger charge is 2.14. The first-order chi connectivity index (χ1) is 4.12. The molecule has 0 fully saturated rings. The Balaban J connectivity index is 3.46. The van der Waals surface area contributed by atoms with E-state index in [1.165, 1.54) is 0 Å². The number of nitrogens with two attached hydrogens (primary N) is 2. The summed E-state index contributed by atoms with van der Waals surface area (Å²) in [5.74, 6) is 4.53. The number of hydrogen-bond acceptors (Lipinski definition) is 4. The van der Waals surface area contributed by atoms with E-state index in [9.17, 15) is 4.57 Å². The van der Waals surface area contributed by atoms with Gasteiger partial charge in [-0.05, 0) is 6.42 Å². The van der Waals surface area contributed by atoms with E-state index in [0.29, 0.717) is 6.61 Å². The number of rotatable bonds is 4. The fraction of sp³-hybridized carbons (Fsp3) is 1.00. The Morgan fingerprint density at radius 3 is 2.56 bits per heavy atom. The Bertz CT molecular complexity index is 118. The van der Waals surface area contributed by atoms with E-state index < -0.39 is 7.75 Å². The summed E-state index contributed by atoms with van der Waals surface area (Å²) in [6.07, 6.45) is 0.727. The van der Waals surface area contributed by atoms with Crippen LogP contribution in [0.15, 0.2) is 0 Å². The molecule has 1 unspecified atom stereocenters. The fourth-order valence-corrected chi connectivity index (χ4v) is 0.747. The van der Waals surface area contributed by atoms with Gasteiger partial charge >= 0.3 is 7.75 Å². The molecule has 0 saturated heterocycles. The molecule has 4 N–H and O–H groups in total. The average Bonchev–Trinajstić information content (AvgIpc) is 1.84. The van der Waals surface area contributed by atoms with Crippen molar-refractivity contribution < 1.29 is 13.7 Å². The molecule has 6 heteroatoms.